The molecule has 0 aliphatic heterocycles. The first kappa shape index (κ1) is 40.8. The summed E-state index contributed by atoms with van der Waals surface area (Å²) in [6.45, 7) is 5.72. The zero-order valence-corrected chi connectivity index (χ0v) is 23.3. The number of alkyl halides is 12. The molecule has 0 radical (unpaired) electrons. The van der Waals surface area contributed by atoms with Crippen LogP contribution in [0.4, 0.5) is 65.9 Å². The molecule has 0 atom stereocenters. The third-order valence-corrected chi connectivity index (χ3v) is 5.50. The number of pyridine rings is 2. The number of halogens is 16. The molecule has 2 aliphatic carbocycles. The van der Waals surface area contributed by atoms with Crippen molar-refractivity contribution in [3.8, 4) is 0 Å². The number of hydrogen-bond donors (Lipinski definition) is 0. The first-order chi connectivity index (χ1) is 19.0. The van der Waals surface area contributed by atoms with Gasteiger partial charge < -0.3 is 6.92 Å². The van der Waals surface area contributed by atoms with Crippen LogP contribution in [0.5, 0.6) is 0 Å². The smallest absolute Gasteiger partial charge is 0.343 e. The quantitative estimate of drug-likeness (QED) is 0.143. The fraction of sp³-hybridized carbons (Fsp3) is 0.375. The van der Waals surface area contributed by atoms with E-state index in [1.54, 1.807) is 6.20 Å². The maximum atomic E-state index is 13.3. The molecule has 0 saturated heterocycles. The Morgan fingerprint density at radius 3 is 1.21 bits per heavy atom. The van der Waals surface area contributed by atoms with Gasteiger partial charge in [-0.15, -0.1) is 0 Å². The predicted molar refractivity (Wildman–Crippen MR) is 123 cm³/mol. The van der Waals surface area contributed by atoms with Crippen molar-refractivity contribution in [2.24, 2.45) is 0 Å². The van der Waals surface area contributed by atoms with E-state index in [-0.39, 0.29) is 18.9 Å². The van der Waals surface area contributed by atoms with Crippen molar-refractivity contribution in [3.05, 3.63) is 83.5 Å². The van der Waals surface area contributed by atoms with Crippen LogP contribution < -0.4 is 18.9 Å². The molecule has 0 aromatic carbocycles. The molecule has 236 valence electrons. The topological polar surface area (TPSA) is 25.8 Å². The number of nitrogens with zero attached hydrogens (tertiary/aromatic N) is 2. The minimum atomic E-state index is -6.06. The van der Waals surface area contributed by atoms with Crippen LogP contribution in [-0.2, 0) is 0 Å². The third-order valence-electron chi connectivity index (χ3n) is 5.03. The molecule has 2 aromatic rings. The summed E-state index contributed by atoms with van der Waals surface area (Å²) in [6, 6.07) is 8.78. The van der Waals surface area contributed by atoms with Crippen LogP contribution >= 0.6 is 15.9 Å². The van der Waals surface area contributed by atoms with Gasteiger partial charge in [0, 0.05) is 12.4 Å². The molecular weight excluding hydrogens is 688 g/mol. The van der Waals surface area contributed by atoms with Crippen LogP contribution in [0.25, 0.3) is 5.57 Å². The maximum absolute atomic E-state index is 13.3. The first-order valence-corrected chi connectivity index (χ1v) is 11.8. The predicted octanol–water partition coefficient (Wildman–Crippen LogP) is 7.21. The number of hydrogen-bond acceptors (Lipinski definition) is 2. The molecule has 0 saturated carbocycles. The van der Waals surface area contributed by atoms with E-state index in [0.29, 0.717) is 0 Å². The Morgan fingerprint density at radius 2 is 1.00 bits per heavy atom. The summed E-state index contributed by atoms with van der Waals surface area (Å²) in [5.74, 6) is -44.0. The molecule has 0 fully saturated rings. The van der Waals surface area contributed by atoms with E-state index in [1.165, 1.54) is 12.5 Å². The summed E-state index contributed by atoms with van der Waals surface area (Å²) in [6.07, 6.45) is 4.92. The Kier molecular flexibility index (Phi) is 14.0. The fourth-order valence-corrected chi connectivity index (χ4v) is 2.93. The molecule has 2 aromatic heterocycles. The summed E-state index contributed by atoms with van der Waals surface area (Å²) in [4.78, 5) is 7.09. The van der Waals surface area contributed by atoms with Crippen LogP contribution in [0.2, 0.25) is 0 Å². The molecule has 2 aliphatic rings. The van der Waals surface area contributed by atoms with E-state index in [9.17, 15) is 65.9 Å². The number of rotatable bonds is 2. The second-order valence-electron chi connectivity index (χ2n) is 7.98. The minimum Gasteiger partial charge on any atom is -0.343 e. The standard InChI is InChI=1S/C10H4F7N.C5H4BrN.C5F8.C4H9.Li/c11-7-6(5-3-1-2-4-18-5)8(12,13)10(16,17)9(7,14)15;6-5-3-1-2-4-7-5;6-1-2(7)4(10,11)5(12,13)3(1,8)9;1-3-4-2;/h1-4H;1-4H;;1,3-4H2,2H3;/q;;;-1;+1. The Balaban J connectivity index is 0.000000615. The van der Waals surface area contributed by atoms with Crippen molar-refractivity contribution in [3.63, 3.8) is 0 Å². The largest absolute Gasteiger partial charge is 1.00 e. The Labute approximate surface area is 254 Å². The van der Waals surface area contributed by atoms with Crippen molar-refractivity contribution >= 4 is 21.5 Å². The normalized spacial score (nSPS) is 21.3. The maximum Gasteiger partial charge on any atom is 1.00 e. The van der Waals surface area contributed by atoms with Gasteiger partial charge in [-0.2, -0.15) is 59.1 Å². The van der Waals surface area contributed by atoms with Gasteiger partial charge in [-0.3, -0.25) is 4.98 Å². The summed E-state index contributed by atoms with van der Waals surface area (Å²) >= 11 is 3.20. The fourth-order valence-electron chi connectivity index (χ4n) is 2.66. The summed E-state index contributed by atoms with van der Waals surface area (Å²) in [5, 5.41) is 0. The third kappa shape index (κ3) is 7.55. The molecule has 0 spiro atoms. The van der Waals surface area contributed by atoms with E-state index in [4.69, 9.17) is 0 Å². The van der Waals surface area contributed by atoms with E-state index in [0.717, 1.165) is 29.4 Å². The van der Waals surface area contributed by atoms with Gasteiger partial charge in [0.25, 0.3) is 0 Å². The van der Waals surface area contributed by atoms with Crippen LogP contribution in [0.1, 0.15) is 25.5 Å². The van der Waals surface area contributed by atoms with Gasteiger partial charge in [0.1, 0.15) is 4.60 Å². The average molecular weight is 705 g/mol. The van der Waals surface area contributed by atoms with Gasteiger partial charge in [0.05, 0.1) is 11.3 Å². The SMILES string of the molecule is Brc1ccccn1.FC1=C(F)C(F)(F)C(F)(F)C1(F)F.FC1=C(c2ccccn2)C(F)(F)C(F)(F)C1(F)F.[CH2-]CCC.[Li+]. The molecular formula is C24H17BrF15LiN2. The second kappa shape index (κ2) is 14.7. The van der Waals surface area contributed by atoms with Gasteiger partial charge in [0.15, 0.2) is 5.83 Å². The van der Waals surface area contributed by atoms with Crippen molar-refractivity contribution < 1.29 is 84.7 Å². The van der Waals surface area contributed by atoms with E-state index >= 15 is 0 Å². The summed E-state index contributed by atoms with van der Waals surface area (Å²) in [5.41, 5.74) is -3.02. The Bertz CT molecular complexity index is 1230. The monoisotopic (exact) mass is 704 g/mol. The molecule has 2 nitrogen and oxygen atoms in total. The van der Waals surface area contributed by atoms with Gasteiger partial charge in [-0.25, -0.2) is 18.2 Å². The molecule has 19 heteroatoms. The molecule has 43 heavy (non-hydrogen) atoms. The zero-order chi connectivity index (χ0) is 32.9. The number of unbranched alkanes of at least 4 members (excludes halogenated alkanes) is 1. The molecule has 0 bridgehead atoms. The van der Waals surface area contributed by atoms with Gasteiger partial charge in [0.2, 0.25) is 11.7 Å². The minimum absolute atomic E-state index is 0. The first-order valence-electron chi connectivity index (χ1n) is 11.0. The average Bonchev–Trinajstić information content (AvgIpc) is 3.07. The molecule has 0 amide bonds. The molecule has 4 rings (SSSR count). The van der Waals surface area contributed by atoms with E-state index in [2.05, 4.69) is 39.7 Å². The van der Waals surface area contributed by atoms with Crippen molar-refractivity contribution in [2.75, 3.05) is 0 Å². The van der Waals surface area contributed by atoms with Crippen LogP contribution in [0, 0.1) is 6.92 Å². The summed E-state index contributed by atoms with van der Waals surface area (Å²) in [7, 11) is 0. The Morgan fingerprint density at radius 1 is 0.628 bits per heavy atom. The molecule has 2 heterocycles. The number of aromatic nitrogens is 2. The van der Waals surface area contributed by atoms with Crippen LogP contribution in [0.15, 0.2) is 70.9 Å². The van der Waals surface area contributed by atoms with Crippen LogP contribution in [-0.4, -0.2) is 45.5 Å². The van der Waals surface area contributed by atoms with Gasteiger partial charge in [-0.1, -0.05) is 25.5 Å². The van der Waals surface area contributed by atoms with Gasteiger partial charge in [-0.05, 0) is 40.2 Å². The Hall–Kier alpha value is -2.19. The van der Waals surface area contributed by atoms with E-state index < -0.39 is 64.3 Å². The zero-order valence-electron chi connectivity index (χ0n) is 21.7. The van der Waals surface area contributed by atoms with Crippen molar-refractivity contribution in [2.45, 2.75) is 55.3 Å². The van der Waals surface area contributed by atoms with Gasteiger partial charge >= 0.3 is 54.4 Å². The molecule has 0 unspecified atom stereocenters. The van der Waals surface area contributed by atoms with Crippen LogP contribution in [0.3, 0.4) is 0 Å². The molecule has 0 N–H and O–H groups in total. The van der Waals surface area contributed by atoms with Crippen molar-refractivity contribution in [1.82, 2.24) is 9.97 Å². The summed E-state index contributed by atoms with van der Waals surface area (Å²) < 4.78 is 188. The number of allylic oxidation sites excluding steroid dienone is 4. The second-order valence-corrected chi connectivity index (χ2v) is 8.80. The van der Waals surface area contributed by atoms with E-state index in [1.807, 2.05) is 18.2 Å². The van der Waals surface area contributed by atoms with Crippen molar-refractivity contribution in [1.29, 1.82) is 0 Å².